The molecule has 12 heteroatoms. The zero-order valence-electron chi connectivity index (χ0n) is 20.8. The molecule has 194 valence electrons. The van der Waals surface area contributed by atoms with Crippen LogP contribution in [0.4, 0.5) is 11.6 Å². The molecule has 0 saturated heterocycles. The molecule has 2 aromatic carbocycles. The van der Waals surface area contributed by atoms with Crippen molar-refractivity contribution in [3.63, 3.8) is 0 Å². The molecule has 4 rings (SSSR count). The number of halogens is 1. The molecular weight excluding hydrogens is 500 g/mol. The van der Waals surface area contributed by atoms with Crippen molar-refractivity contribution in [3.05, 3.63) is 86.0 Å². The molecule has 0 spiro atoms. The third-order valence-corrected chi connectivity index (χ3v) is 5.29. The van der Waals surface area contributed by atoms with E-state index in [9.17, 15) is 14.4 Å². The number of aromatic nitrogens is 5. The second-order valence-electron chi connectivity index (χ2n) is 8.18. The van der Waals surface area contributed by atoms with Gasteiger partial charge in [-0.3, -0.25) is 4.57 Å². The highest BCUT2D eigenvalue weighted by atomic mass is 35.5. The minimum absolute atomic E-state index is 0.0616. The van der Waals surface area contributed by atoms with Crippen LogP contribution in [-0.4, -0.2) is 44.8 Å². The van der Waals surface area contributed by atoms with Gasteiger partial charge in [-0.2, -0.15) is 9.97 Å². The van der Waals surface area contributed by atoms with Crippen LogP contribution in [0.3, 0.4) is 0 Å². The topological polar surface area (TPSA) is 134 Å². The van der Waals surface area contributed by atoms with E-state index >= 15 is 0 Å². The van der Waals surface area contributed by atoms with E-state index in [0.29, 0.717) is 28.7 Å². The van der Waals surface area contributed by atoms with Gasteiger partial charge < -0.3 is 19.4 Å². The highest BCUT2D eigenvalue weighted by molar-refractivity contribution is 6.30. The zero-order chi connectivity index (χ0) is 26.9. The van der Waals surface area contributed by atoms with Crippen molar-refractivity contribution in [1.82, 2.24) is 24.3 Å². The number of methoxy groups -OCH3 is 1. The lowest BCUT2D eigenvalue weighted by Crippen LogP contribution is -2.43. The highest BCUT2D eigenvalue weighted by Crippen LogP contribution is 2.21. The molecule has 1 unspecified atom stereocenters. The van der Waals surface area contributed by atoms with Crippen molar-refractivity contribution in [1.29, 1.82) is 0 Å². The van der Waals surface area contributed by atoms with Gasteiger partial charge in [-0.1, -0.05) is 35.8 Å². The van der Waals surface area contributed by atoms with Crippen LogP contribution in [0, 0.1) is 12.8 Å². The Morgan fingerprint density at radius 1 is 1.05 bits per heavy atom. The predicted molar refractivity (Wildman–Crippen MR) is 139 cm³/mol. The van der Waals surface area contributed by atoms with Crippen LogP contribution in [0.15, 0.2) is 62.6 Å². The molecule has 0 radical (unpaired) electrons. The first kappa shape index (κ1) is 27.5. The number of nitrogens with one attached hydrogen (secondary N) is 1. The lowest BCUT2D eigenvalue weighted by Gasteiger charge is -2.16. The van der Waals surface area contributed by atoms with Gasteiger partial charge in [-0.05, 0) is 42.0 Å². The molecule has 1 N–H and O–H groups in total. The van der Waals surface area contributed by atoms with E-state index in [1.807, 2.05) is 0 Å². The summed E-state index contributed by atoms with van der Waals surface area (Å²) in [6.45, 7) is 3.41. The highest BCUT2D eigenvalue weighted by Gasteiger charge is 2.16. The Hall–Kier alpha value is -4.09. The van der Waals surface area contributed by atoms with Crippen LogP contribution >= 0.6 is 11.6 Å². The SMILES string of the molecule is COC.Cc1nc(-c2ccc(Nc3nc(=O)n(CC(C)C=O)c(=O)n3Cc3ccc(Cl)cc3)cc2)no1. The number of carbonyl (C=O) groups is 1. The van der Waals surface area contributed by atoms with Crippen LogP contribution in [-0.2, 0) is 22.6 Å². The number of aldehydes is 1. The first-order chi connectivity index (χ1) is 17.7. The third-order valence-electron chi connectivity index (χ3n) is 5.03. The number of aryl methyl sites for hydroxylation is 1. The molecule has 0 fully saturated rings. The van der Waals surface area contributed by atoms with Gasteiger partial charge in [0.05, 0.1) is 6.54 Å². The minimum Gasteiger partial charge on any atom is -0.388 e. The van der Waals surface area contributed by atoms with Crippen molar-refractivity contribution in [2.24, 2.45) is 5.92 Å². The molecule has 1 atom stereocenters. The lowest BCUT2D eigenvalue weighted by atomic mass is 10.2. The first-order valence-corrected chi connectivity index (χ1v) is 11.6. The maximum atomic E-state index is 13.2. The Morgan fingerprint density at radius 2 is 1.70 bits per heavy atom. The molecule has 0 amide bonds. The van der Waals surface area contributed by atoms with Crippen LogP contribution in [0.25, 0.3) is 11.4 Å². The Morgan fingerprint density at radius 3 is 2.27 bits per heavy atom. The summed E-state index contributed by atoms with van der Waals surface area (Å²) in [6.07, 6.45) is 0.689. The normalized spacial score (nSPS) is 11.4. The fraction of sp³-hybridized carbons (Fsp3) is 0.280. The molecule has 0 aliphatic rings. The van der Waals surface area contributed by atoms with Gasteiger partial charge >= 0.3 is 11.4 Å². The molecule has 0 aliphatic heterocycles. The summed E-state index contributed by atoms with van der Waals surface area (Å²) < 4.78 is 11.6. The van der Waals surface area contributed by atoms with E-state index in [2.05, 4.69) is 25.2 Å². The third kappa shape index (κ3) is 7.21. The van der Waals surface area contributed by atoms with Gasteiger partial charge in [0.25, 0.3) is 0 Å². The number of nitrogens with zero attached hydrogens (tertiary/aromatic N) is 5. The maximum absolute atomic E-state index is 13.2. The number of rotatable bonds is 8. The average Bonchev–Trinajstić information content (AvgIpc) is 3.32. The molecule has 0 bridgehead atoms. The van der Waals surface area contributed by atoms with Gasteiger partial charge in [-0.25, -0.2) is 14.2 Å². The molecule has 37 heavy (non-hydrogen) atoms. The summed E-state index contributed by atoms with van der Waals surface area (Å²) in [5.41, 5.74) is 0.802. The van der Waals surface area contributed by atoms with Gasteiger partial charge in [0, 0.05) is 49.9 Å². The van der Waals surface area contributed by atoms with E-state index in [0.717, 1.165) is 15.7 Å². The van der Waals surface area contributed by atoms with Crippen molar-refractivity contribution in [2.45, 2.75) is 26.9 Å². The zero-order valence-corrected chi connectivity index (χ0v) is 21.6. The first-order valence-electron chi connectivity index (χ1n) is 11.2. The van der Waals surface area contributed by atoms with E-state index < -0.39 is 17.3 Å². The van der Waals surface area contributed by atoms with Gasteiger partial charge in [0.1, 0.15) is 6.29 Å². The number of hydrogen-bond donors (Lipinski definition) is 1. The van der Waals surface area contributed by atoms with E-state index in [-0.39, 0.29) is 19.0 Å². The van der Waals surface area contributed by atoms with Gasteiger partial charge in [0.2, 0.25) is 17.7 Å². The fourth-order valence-electron chi connectivity index (χ4n) is 3.28. The average molecular weight is 527 g/mol. The Bertz CT molecular complexity index is 1440. The van der Waals surface area contributed by atoms with Crippen molar-refractivity contribution >= 4 is 29.5 Å². The lowest BCUT2D eigenvalue weighted by molar-refractivity contribution is -0.111. The summed E-state index contributed by atoms with van der Waals surface area (Å²) in [5, 5.41) is 7.49. The molecule has 4 aromatic rings. The molecule has 11 nitrogen and oxygen atoms in total. The van der Waals surface area contributed by atoms with Crippen LogP contribution < -0.4 is 16.7 Å². The summed E-state index contributed by atoms with van der Waals surface area (Å²) in [5.74, 6) is 0.463. The molecule has 0 saturated carbocycles. The largest absolute Gasteiger partial charge is 0.388 e. The summed E-state index contributed by atoms with van der Waals surface area (Å²) in [6, 6.07) is 14.0. The number of benzene rings is 2. The number of carbonyl (C=O) groups excluding carboxylic acids is 1. The van der Waals surface area contributed by atoms with Crippen LogP contribution in [0.5, 0.6) is 0 Å². The van der Waals surface area contributed by atoms with E-state index in [4.69, 9.17) is 16.1 Å². The number of anilines is 2. The van der Waals surface area contributed by atoms with Crippen molar-refractivity contribution in [3.8, 4) is 11.4 Å². The van der Waals surface area contributed by atoms with Crippen LogP contribution in [0.1, 0.15) is 18.4 Å². The Balaban J connectivity index is 0.00000121. The maximum Gasteiger partial charge on any atom is 0.354 e. The number of hydrogen-bond acceptors (Lipinski definition) is 9. The minimum atomic E-state index is -0.743. The number of ether oxygens (including phenoxy) is 1. The summed E-state index contributed by atoms with van der Waals surface area (Å²) in [7, 11) is 3.25. The second kappa shape index (κ2) is 12.7. The van der Waals surface area contributed by atoms with Crippen LogP contribution in [0.2, 0.25) is 5.02 Å². The standard InChI is InChI=1S/C23H21ClN6O4.C2H6O/c1-14(13-31)11-30-22(32)27-21(29(23(30)33)12-16-3-7-18(24)8-4-16)26-19-9-5-17(6-10-19)20-25-15(2)34-28-20;1-3-2/h3-10,13-14H,11-12H2,1-2H3,(H,26,27,32);1-2H3. The smallest absolute Gasteiger partial charge is 0.354 e. The van der Waals surface area contributed by atoms with Gasteiger partial charge in [0.15, 0.2) is 0 Å². The predicted octanol–water partition coefficient (Wildman–Crippen LogP) is 3.31. The Labute approximate surface area is 217 Å². The summed E-state index contributed by atoms with van der Waals surface area (Å²) >= 11 is 5.98. The monoisotopic (exact) mass is 526 g/mol. The molecule has 2 aromatic heterocycles. The second-order valence-corrected chi connectivity index (χ2v) is 8.62. The molecular formula is C25H27ClN6O5. The summed E-state index contributed by atoms with van der Waals surface area (Å²) in [4.78, 5) is 45.3. The van der Waals surface area contributed by atoms with Gasteiger partial charge in [-0.15, -0.1) is 0 Å². The quantitative estimate of drug-likeness (QED) is 0.343. The van der Waals surface area contributed by atoms with E-state index in [1.165, 1.54) is 4.57 Å². The van der Waals surface area contributed by atoms with Crippen molar-refractivity contribution < 1.29 is 14.1 Å². The van der Waals surface area contributed by atoms with Crippen molar-refractivity contribution in [2.75, 3.05) is 19.5 Å². The molecule has 0 aliphatic carbocycles. The molecule has 2 heterocycles. The fourth-order valence-corrected chi connectivity index (χ4v) is 3.40. The van der Waals surface area contributed by atoms with E-state index in [1.54, 1.807) is 76.6 Å². The Kier molecular flexibility index (Phi) is 9.47.